The molecular weight excluding hydrogens is 358 g/mol. The molecule has 1 saturated heterocycles. The summed E-state index contributed by atoms with van der Waals surface area (Å²) in [6.45, 7) is 5.30. The third kappa shape index (κ3) is 5.30. The van der Waals surface area contributed by atoms with Crippen molar-refractivity contribution in [3.63, 3.8) is 0 Å². The second kappa shape index (κ2) is 9.66. The number of piperidine rings is 1. The number of hydrogen-bond acceptors (Lipinski definition) is 5. The summed E-state index contributed by atoms with van der Waals surface area (Å²) in [4.78, 5) is 29.8. The van der Waals surface area contributed by atoms with Crippen LogP contribution in [0.15, 0.2) is 29.3 Å². The minimum atomic E-state index is -0.627. The highest BCUT2D eigenvalue weighted by molar-refractivity contribution is 5.95. The Labute approximate surface area is 166 Å². The van der Waals surface area contributed by atoms with E-state index in [9.17, 15) is 9.59 Å². The van der Waals surface area contributed by atoms with Gasteiger partial charge in [-0.15, -0.1) is 0 Å². The van der Waals surface area contributed by atoms with E-state index >= 15 is 0 Å². The molecule has 1 aliphatic heterocycles. The lowest BCUT2D eigenvalue weighted by Crippen LogP contribution is -2.44. The molecule has 1 atom stereocenters. The van der Waals surface area contributed by atoms with E-state index in [0.29, 0.717) is 5.69 Å². The molecule has 1 aromatic rings. The van der Waals surface area contributed by atoms with Crippen molar-refractivity contribution in [1.29, 1.82) is 0 Å². The fourth-order valence-electron chi connectivity index (χ4n) is 3.49. The standard InChI is InChI=1S/C20H31N5O3/c1-14(26)25(3)19(21)24-20(2,15-8-10-22-11-9-15)16-6-5-7-17(12-16)23-18(27)13-28-4/h5-7,12,15,22H,8-11,13H2,1-4H3,(H2,21,24)(H,23,27). The van der Waals surface area contributed by atoms with E-state index in [0.717, 1.165) is 31.5 Å². The van der Waals surface area contributed by atoms with Gasteiger partial charge in [-0.2, -0.15) is 0 Å². The highest BCUT2D eigenvalue weighted by atomic mass is 16.5. The molecule has 0 aromatic heterocycles. The smallest absolute Gasteiger partial charge is 0.250 e. The fraction of sp³-hybridized carbons (Fsp3) is 0.550. The fourth-order valence-corrected chi connectivity index (χ4v) is 3.49. The van der Waals surface area contributed by atoms with E-state index in [1.165, 1.54) is 18.9 Å². The van der Waals surface area contributed by atoms with Crippen molar-refractivity contribution in [2.45, 2.75) is 32.2 Å². The maximum atomic E-state index is 11.9. The van der Waals surface area contributed by atoms with Crippen molar-refractivity contribution in [2.75, 3.05) is 39.2 Å². The monoisotopic (exact) mass is 389 g/mol. The largest absolute Gasteiger partial charge is 0.375 e. The first-order valence-corrected chi connectivity index (χ1v) is 9.47. The van der Waals surface area contributed by atoms with Crippen molar-refractivity contribution in [1.82, 2.24) is 10.2 Å². The zero-order valence-electron chi connectivity index (χ0n) is 17.1. The van der Waals surface area contributed by atoms with E-state index in [-0.39, 0.29) is 30.3 Å². The Morgan fingerprint density at radius 2 is 2.07 bits per heavy atom. The Kier molecular flexibility index (Phi) is 7.53. The van der Waals surface area contributed by atoms with Gasteiger partial charge in [0, 0.05) is 26.8 Å². The number of nitrogens with zero attached hydrogens (tertiary/aromatic N) is 2. The first-order chi connectivity index (χ1) is 13.3. The molecule has 8 heteroatoms. The molecule has 0 aliphatic carbocycles. The lowest BCUT2D eigenvalue weighted by molar-refractivity contribution is -0.124. The molecular formula is C20H31N5O3. The number of benzene rings is 1. The summed E-state index contributed by atoms with van der Waals surface area (Å²) in [6, 6.07) is 7.62. The molecule has 1 unspecified atom stereocenters. The second-order valence-electron chi connectivity index (χ2n) is 7.28. The van der Waals surface area contributed by atoms with Gasteiger partial charge in [-0.05, 0) is 56.5 Å². The number of guanidine groups is 1. The van der Waals surface area contributed by atoms with Gasteiger partial charge in [0.1, 0.15) is 6.61 Å². The van der Waals surface area contributed by atoms with Crippen molar-refractivity contribution in [2.24, 2.45) is 16.6 Å². The van der Waals surface area contributed by atoms with Crippen LogP contribution in [-0.2, 0) is 19.9 Å². The topological polar surface area (TPSA) is 109 Å². The molecule has 2 rings (SSSR count). The number of carbonyl (C=O) groups is 2. The molecule has 28 heavy (non-hydrogen) atoms. The molecule has 8 nitrogen and oxygen atoms in total. The maximum Gasteiger partial charge on any atom is 0.250 e. The minimum Gasteiger partial charge on any atom is -0.375 e. The summed E-state index contributed by atoms with van der Waals surface area (Å²) in [7, 11) is 3.10. The van der Waals surface area contributed by atoms with Crippen molar-refractivity contribution >= 4 is 23.5 Å². The SMILES string of the molecule is COCC(=O)Nc1cccc(C(C)(N=C(N)N(C)C(C)=O)C2CCNCC2)c1. The molecule has 0 bridgehead atoms. The normalized spacial score (nSPS) is 17.6. The molecule has 0 radical (unpaired) electrons. The molecule has 2 amide bonds. The maximum absolute atomic E-state index is 11.9. The van der Waals surface area contributed by atoms with Crippen molar-refractivity contribution in [3.8, 4) is 0 Å². The van der Waals surface area contributed by atoms with E-state index in [4.69, 9.17) is 15.5 Å². The number of aliphatic imine (C=N–C) groups is 1. The van der Waals surface area contributed by atoms with E-state index in [2.05, 4.69) is 10.6 Å². The Morgan fingerprint density at radius 1 is 1.39 bits per heavy atom. The molecule has 154 valence electrons. The third-order valence-corrected chi connectivity index (χ3v) is 5.30. The van der Waals surface area contributed by atoms with Crippen LogP contribution in [0.3, 0.4) is 0 Å². The molecule has 4 N–H and O–H groups in total. The second-order valence-corrected chi connectivity index (χ2v) is 7.28. The van der Waals surface area contributed by atoms with Gasteiger partial charge in [-0.3, -0.25) is 14.5 Å². The highest BCUT2D eigenvalue weighted by Crippen LogP contribution is 2.39. The summed E-state index contributed by atoms with van der Waals surface area (Å²) in [6.07, 6.45) is 1.88. The number of anilines is 1. The average molecular weight is 390 g/mol. The highest BCUT2D eigenvalue weighted by Gasteiger charge is 2.37. The van der Waals surface area contributed by atoms with Crippen LogP contribution in [0, 0.1) is 5.92 Å². The summed E-state index contributed by atoms with van der Waals surface area (Å²) < 4.78 is 4.88. The van der Waals surface area contributed by atoms with Crippen LogP contribution in [0.4, 0.5) is 5.69 Å². The Bertz CT molecular complexity index is 730. The minimum absolute atomic E-state index is 0.00963. The van der Waals surface area contributed by atoms with Crippen LogP contribution in [0.25, 0.3) is 0 Å². The van der Waals surface area contributed by atoms with Gasteiger partial charge in [-0.25, -0.2) is 4.99 Å². The molecule has 1 aliphatic rings. The van der Waals surface area contributed by atoms with Gasteiger partial charge in [0.2, 0.25) is 11.8 Å². The summed E-state index contributed by atoms with van der Waals surface area (Å²) >= 11 is 0. The first kappa shape index (κ1) is 21.8. The van der Waals surface area contributed by atoms with Gasteiger partial charge >= 0.3 is 0 Å². The van der Waals surface area contributed by atoms with Gasteiger partial charge in [0.05, 0.1) is 5.54 Å². The van der Waals surface area contributed by atoms with Crippen LogP contribution in [0.5, 0.6) is 0 Å². The van der Waals surface area contributed by atoms with Gasteiger partial charge < -0.3 is 21.1 Å². The van der Waals surface area contributed by atoms with Crippen molar-refractivity contribution in [3.05, 3.63) is 29.8 Å². The lowest BCUT2D eigenvalue weighted by atomic mass is 9.75. The number of hydrogen-bond donors (Lipinski definition) is 3. The zero-order chi connectivity index (χ0) is 20.7. The quantitative estimate of drug-likeness (QED) is 0.502. The molecule has 1 aromatic carbocycles. The Morgan fingerprint density at radius 3 is 2.68 bits per heavy atom. The first-order valence-electron chi connectivity index (χ1n) is 9.47. The van der Waals surface area contributed by atoms with Crippen LogP contribution in [0.2, 0.25) is 0 Å². The van der Waals surface area contributed by atoms with E-state index in [1.54, 1.807) is 7.05 Å². The summed E-state index contributed by atoms with van der Waals surface area (Å²) in [5.41, 5.74) is 7.15. The molecule has 1 heterocycles. The summed E-state index contributed by atoms with van der Waals surface area (Å²) in [5.74, 6) is 0.0389. The van der Waals surface area contributed by atoms with Gasteiger partial charge in [0.25, 0.3) is 0 Å². The number of ether oxygens (including phenoxy) is 1. The van der Waals surface area contributed by atoms with E-state index < -0.39 is 5.54 Å². The predicted octanol–water partition coefficient (Wildman–Crippen LogP) is 1.28. The van der Waals surface area contributed by atoms with Crippen LogP contribution < -0.4 is 16.4 Å². The number of carbonyl (C=O) groups excluding carboxylic acids is 2. The number of nitrogens with one attached hydrogen (secondary N) is 2. The number of methoxy groups -OCH3 is 1. The predicted molar refractivity (Wildman–Crippen MR) is 110 cm³/mol. The van der Waals surface area contributed by atoms with Gasteiger partial charge in [0.15, 0.2) is 5.96 Å². The van der Waals surface area contributed by atoms with Crippen molar-refractivity contribution < 1.29 is 14.3 Å². The Hall–Kier alpha value is -2.45. The average Bonchev–Trinajstić information content (AvgIpc) is 2.68. The molecule has 0 saturated carbocycles. The summed E-state index contributed by atoms with van der Waals surface area (Å²) in [5, 5.41) is 6.20. The van der Waals surface area contributed by atoms with Gasteiger partial charge in [-0.1, -0.05) is 12.1 Å². The molecule has 0 spiro atoms. The molecule has 1 fully saturated rings. The third-order valence-electron chi connectivity index (χ3n) is 5.30. The number of nitrogens with two attached hydrogens (primary N) is 1. The zero-order valence-corrected chi connectivity index (χ0v) is 17.1. The van der Waals surface area contributed by atoms with Crippen LogP contribution >= 0.6 is 0 Å². The van der Waals surface area contributed by atoms with Crippen LogP contribution in [-0.4, -0.2) is 56.5 Å². The number of amides is 2. The van der Waals surface area contributed by atoms with E-state index in [1.807, 2.05) is 31.2 Å². The van der Waals surface area contributed by atoms with Crippen LogP contribution in [0.1, 0.15) is 32.3 Å². The Balaban J connectivity index is 2.42. The lowest BCUT2D eigenvalue weighted by Gasteiger charge is -2.38. The number of rotatable bonds is 6.